The molecule has 24 heavy (non-hydrogen) atoms. The molecule has 128 valence electrons. The van der Waals surface area contributed by atoms with Gasteiger partial charge in [0.25, 0.3) is 5.91 Å². The highest BCUT2D eigenvalue weighted by molar-refractivity contribution is 6.30. The number of piperidine rings is 1. The third kappa shape index (κ3) is 3.85. The van der Waals surface area contributed by atoms with Gasteiger partial charge in [0, 0.05) is 32.1 Å². The van der Waals surface area contributed by atoms with E-state index in [9.17, 15) is 4.79 Å². The Morgan fingerprint density at radius 2 is 2.00 bits per heavy atom. The molecule has 1 aliphatic heterocycles. The summed E-state index contributed by atoms with van der Waals surface area (Å²) >= 11 is 5.86. The third-order valence-electron chi connectivity index (χ3n) is 4.05. The monoisotopic (exact) mass is 348 g/mol. The molecular formula is C18H21ClN2O3. The van der Waals surface area contributed by atoms with E-state index < -0.39 is 0 Å². The van der Waals surface area contributed by atoms with Crippen LogP contribution in [0.2, 0.25) is 5.02 Å². The van der Waals surface area contributed by atoms with E-state index in [1.807, 2.05) is 36.1 Å². The van der Waals surface area contributed by atoms with Crippen LogP contribution in [0.25, 0.3) is 0 Å². The minimum atomic E-state index is -0.0185. The average Bonchev–Trinajstić information content (AvgIpc) is 3.03. The summed E-state index contributed by atoms with van der Waals surface area (Å²) in [6, 6.07) is 9.35. The van der Waals surface area contributed by atoms with Crippen LogP contribution in [-0.2, 0) is 0 Å². The largest absolute Gasteiger partial charge is 0.490 e. The number of benzene rings is 1. The van der Waals surface area contributed by atoms with Crippen LogP contribution >= 0.6 is 11.6 Å². The fourth-order valence-corrected chi connectivity index (χ4v) is 3.00. The SMILES string of the molecule is CCOc1ccccc1OC1CCN(C(=O)c2cc(Cl)c[nH]2)CC1. The number of aromatic nitrogens is 1. The number of halogens is 1. The number of amides is 1. The zero-order valence-electron chi connectivity index (χ0n) is 13.6. The van der Waals surface area contributed by atoms with Gasteiger partial charge in [0.2, 0.25) is 0 Å². The number of carbonyl (C=O) groups excluding carboxylic acids is 1. The molecule has 1 N–H and O–H groups in total. The van der Waals surface area contributed by atoms with Crippen molar-refractivity contribution >= 4 is 17.5 Å². The molecule has 0 saturated carbocycles. The van der Waals surface area contributed by atoms with Crippen LogP contribution < -0.4 is 9.47 Å². The fourth-order valence-electron chi connectivity index (χ4n) is 2.84. The molecule has 5 nitrogen and oxygen atoms in total. The van der Waals surface area contributed by atoms with Crippen molar-refractivity contribution in [3.05, 3.63) is 47.2 Å². The summed E-state index contributed by atoms with van der Waals surface area (Å²) in [5.41, 5.74) is 0.529. The Morgan fingerprint density at radius 1 is 1.29 bits per heavy atom. The van der Waals surface area contributed by atoms with Crippen LogP contribution in [0, 0.1) is 0 Å². The maximum Gasteiger partial charge on any atom is 0.270 e. The number of ether oxygens (including phenoxy) is 2. The van der Waals surface area contributed by atoms with Gasteiger partial charge in [-0.3, -0.25) is 4.79 Å². The lowest BCUT2D eigenvalue weighted by molar-refractivity contribution is 0.0584. The number of hydrogen-bond donors (Lipinski definition) is 1. The summed E-state index contributed by atoms with van der Waals surface area (Å²) < 4.78 is 11.7. The zero-order valence-corrected chi connectivity index (χ0v) is 14.4. The van der Waals surface area contributed by atoms with Crippen LogP contribution in [0.3, 0.4) is 0 Å². The van der Waals surface area contributed by atoms with Gasteiger partial charge in [-0.15, -0.1) is 0 Å². The number of hydrogen-bond acceptors (Lipinski definition) is 3. The van der Waals surface area contributed by atoms with Gasteiger partial charge < -0.3 is 19.4 Å². The van der Waals surface area contributed by atoms with Gasteiger partial charge in [-0.05, 0) is 25.1 Å². The molecule has 0 aliphatic carbocycles. The normalized spacial score (nSPS) is 15.3. The molecule has 1 amide bonds. The van der Waals surface area contributed by atoms with Crippen molar-refractivity contribution < 1.29 is 14.3 Å². The van der Waals surface area contributed by atoms with E-state index in [-0.39, 0.29) is 12.0 Å². The number of rotatable bonds is 5. The average molecular weight is 349 g/mol. The fraction of sp³-hybridized carbons (Fsp3) is 0.389. The standard InChI is InChI=1S/C18H21ClN2O3/c1-2-23-16-5-3-4-6-17(16)24-14-7-9-21(10-8-14)18(22)15-11-13(19)12-20-15/h3-6,11-12,14,20H,2,7-10H2,1H3. The summed E-state index contributed by atoms with van der Waals surface area (Å²) in [5.74, 6) is 1.51. The first-order chi connectivity index (χ1) is 11.7. The minimum absolute atomic E-state index is 0.0185. The summed E-state index contributed by atoms with van der Waals surface area (Å²) in [5, 5.41) is 0.545. The molecule has 0 spiro atoms. The van der Waals surface area contributed by atoms with Gasteiger partial charge in [0.05, 0.1) is 11.6 Å². The molecule has 1 saturated heterocycles. The van der Waals surface area contributed by atoms with E-state index in [4.69, 9.17) is 21.1 Å². The third-order valence-corrected chi connectivity index (χ3v) is 4.27. The number of nitrogens with one attached hydrogen (secondary N) is 1. The summed E-state index contributed by atoms with van der Waals surface area (Å²) in [6.07, 6.45) is 3.29. The van der Waals surface area contributed by atoms with Crippen molar-refractivity contribution in [3.8, 4) is 11.5 Å². The molecule has 2 heterocycles. The van der Waals surface area contributed by atoms with E-state index >= 15 is 0 Å². The van der Waals surface area contributed by atoms with Crippen LogP contribution in [0.5, 0.6) is 11.5 Å². The van der Waals surface area contributed by atoms with Gasteiger partial charge in [-0.25, -0.2) is 0 Å². The molecule has 2 aromatic rings. The first kappa shape index (κ1) is 16.7. The summed E-state index contributed by atoms with van der Waals surface area (Å²) in [7, 11) is 0. The Kier molecular flexibility index (Phi) is 5.30. The lowest BCUT2D eigenvalue weighted by Gasteiger charge is -2.32. The van der Waals surface area contributed by atoms with Gasteiger partial charge in [0.1, 0.15) is 11.8 Å². The molecule has 0 unspecified atom stereocenters. The maximum absolute atomic E-state index is 12.4. The lowest BCUT2D eigenvalue weighted by Crippen LogP contribution is -2.41. The van der Waals surface area contributed by atoms with Crippen LogP contribution in [-0.4, -0.2) is 41.6 Å². The molecule has 6 heteroatoms. The Morgan fingerprint density at radius 3 is 2.62 bits per heavy atom. The molecule has 0 radical (unpaired) electrons. The van der Waals surface area contributed by atoms with E-state index in [1.54, 1.807) is 12.3 Å². The van der Waals surface area contributed by atoms with Gasteiger partial charge in [0.15, 0.2) is 11.5 Å². The second-order valence-corrected chi connectivity index (χ2v) is 6.16. The highest BCUT2D eigenvalue weighted by Gasteiger charge is 2.26. The predicted octanol–water partition coefficient (Wildman–Crippen LogP) is 3.75. The maximum atomic E-state index is 12.4. The van der Waals surface area contributed by atoms with Crippen molar-refractivity contribution in [3.63, 3.8) is 0 Å². The van der Waals surface area contributed by atoms with Crippen molar-refractivity contribution in [2.75, 3.05) is 19.7 Å². The Hall–Kier alpha value is -2.14. The number of H-pyrrole nitrogens is 1. The topological polar surface area (TPSA) is 54.6 Å². The van der Waals surface area contributed by atoms with Gasteiger partial charge in [-0.2, -0.15) is 0 Å². The smallest absolute Gasteiger partial charge is 0.270 e. The van der Waals surface area contributed by atoms with E-state index in [1.165, 1.54) is 0 Å². The molecular weight excluding hydrogens is 328 g/mol. The first-order valence-electron chi connectivity index (χ1n) is 8.19. The van der Waals surface area contributed by atoms with Gasteiger partial charge in [-0.1, -0.05) is 23.7 Å². The number of aromatic amines is 1. The highest BCUT2D eigenvalue weighted by atomic mass is 35.5. The first-order valence-corrected chi connectivity index (χ1v) is 8.57. The number of para-hydroxylation sites is 2. The van der Waals surface area contributed by atoms with Gasteiger partial charge >= 0.3 is 0 Å². The highest BCUT2D eigenvalue weighted by Crippen LogP contribution is 2.29. The summed E-state index contributed by atoms with van der Waals surface area (Å²) in [4.78, 5) is 17.1. The van der Waals surface area contributed by atoms with E-state index in [0.29, 0.717) is 30.4 Å². The quantitative estimate of drug-likeness (QED) is 0.895. The zero-order chi connectivity index (χ0) is 16.9. The van der Waals surface area contributed by atoms with E-state index in [2.05, 4.69) is 4.98 Å². The Labute approximate surface area is 146 Å². The molecule has 1 aliphatic rings. The van der Waals surface area contributed by atoms with Crippen LogP contribution in [0.15, 0.2) is 36.5 Å². The number of likely N-dealkylation sites (tertiary alicyclic amines) is 1. The predicted molar refractivity (Wildman–Crippen MR) is 93.0 cm³/mol. The Bertz CT molecular complexity index is 693. The second kappa shape index (κ2) is 7.62. The van der Waals surface area contributed by atoms with Crippen molar-refractivity contribution in [2.45, 2.75) is 25.9 Å². The molecule has 3 rings (SSSR count). The minimum Gasteiger partial charge on any atom is -0.490 e. The number of nitrogens with zero attached hydrogens (tertiary/aromatic N) is 1. The molecule has 1 aromatic heterocycles. The number of carbonyl (C=O) groups is 1. The van der Waals surface area contributed by atoms with Crippen LogP contribution in [0.1, 0.15) is 30.3 Å². The van der Waals surface area contributed by atoms with Crippen LogP contribution in [0.4, 0.5) is 0 Å². The summed E-state index contributed by atoms with van der Waals surface area (Å²) in [6.45, 7) is 3.88. The Balaban J connectivity index is 1.57. The van der Waals surface area contributed by atoms with Crippen molar-refractivity contribution in [1.82, 2.24) is 9.88 Å². The lowest BCUT2D eigenvalue weighted by atomic mass is 10.1. The molecule has 1 aromatic carbocycles. The van der Waals surface area contributed by atoms with E-state index in [0.717, 1.165) is 24.3 Å². The molecule has 0 bridgehead atoms. The second-order valence-electron chi connectivity index (χ2n) is 5.72. The van der Waals surface area contributed by atoms with Crippen molar-refractivity contribution in [2.24, 2.45) is 0 Å². The molecule has 0 atom stereocenters. The van der Waals surface area contributed by atoms with Crippen molar-refractivity contribution in [1.29, 1.82) is 0 Å². The molecule has 1 fully saturated rings.